The highest BCUT2D eigenvalue weighted by atomic mass is 16.6. The average molecular weight is 861 g/mol. The van der Waals surface area contributed by atoms with Gasteiger partial charge in [0, 0.05) is 22.3 Å². The van der Waals surface area contributed by atoms with E-state index < -0.39 is 23.8 Å². The molecule has 0 heterocycles. The van der Waals surface area contributed by atoms with Gasteiger partial charge in [-0.05, 0) is 67.4 Å². The number of hydrogen-bond donors (Lipinski definition) is 4. The van der Waals surface area contributed by atoms with Crippen molar-refractivity contribution in [3.63, 3.8) is 0 Å². The zero-order valence-electron chi connectivity index (χ0n) is 34.9. The lowest BCUT2D eigenvalue weighted by molar-refractivity contribution is -0.143. The van der Waals surface area contributed by atoms with E-state index in [0.717, 1.165) is 65.3 Å². The molecule has 2 amide bonds. The van der Waals surface area contributed by atoms with Gasteiger partial charge in [-0.2, -0.15) is 0 Å². The minimum absolute atomic E-state index is 0.231. The van der Waals surface area contributed by atoms with Crippen LogP contribution in [0.15, 0.2) is 146 Å². The number of hydrogen-bond acceptors (Lipinski definition) is 12. The van der Waals surface area contributed by atoms with Crippen LogP contribution < -0.4 is 41.5 Å². The van der Waals surface area contributed by atoms with Gasteiger partial charge in [-0.15, -0.1) is 0 Å². The van der Waals surface area contributed by atoms with Gasteiger partial charge in [-0.25, -0.2) is 21.3 Å². The van der Waals surface area contributed by atoms with Crippen molar-refractivity contribution in [1.82, 2.24) is 10.9 Å². The van der Waals surface area contributed by atoms with E-state index in [1.807, 2.05) is 133 Å². The maximum atomic E-state index is 11.8. The number of nitrogens with one attached hydrogen (secondary N) is 2. The number of methoxy groups -OCH3 is 2. The molecule has 0 radical (unpaired) electrons. The Morgan fingerprint density at radius 3 is 0.875 bits per heavy atom. The standard InChI is InChI=1S/C26H22O6.C24H22N4O4/c1-29-23(27)15-31-21-13-11-17-7-3-5-9-19(17)25(21)26-20-10-6-4-8-18(20)12-14-22(26)32-16-24(28)30-2;25-27-21(29)13-31-19-11-9-15-5-1-3-7-17(15)23(19)24-18-8-4-2-6-16(18)10-12-20(24)32-14-22(30)28-26/h3-14H,15-16H2,1-2H3;1-12H,13-14,25-26H2,(H,27,29)(H,28,30). The molecule has 8 aromatic carbocycles. The number of nitrogens with two attached hydrogens (primary N) is 2. The van der Waals surface area contributed by atoms with Crippen LogP contribution in [0, 0.1) is 0 Å². The number of rotatable bonds is 14. The summed E-state index contributed by atoms with van der Waals surface area (Å²) in [6.45, 7) is -0.966. The molecule has 8 aromatic rings. The van der Waals surface area contributed by atoms with E-state index >= 15 is 0 Å². The fraction of sp³-hybridized carbons (Fsp3) is 0.120. The number of amides is 2. The van der Waals surface area contributed by atoms with Crippen LogP contribution in [0.4, 0.5) is 0 Å². The molecule has 0 aliphatic rings. The molecule has 14 nitrogen and oxygen atoms in total. The molecule has 0 fully saturated rings. The van der Waals surface area contributed by atoms with Gasteiger partial charge in [0.05, 0.1) is 14.2 Å². The predicted molar refractivity (Wildman–Crippen MR) is 244 cm³/mol. The number of esters is 2. The molecule has 0 saturated carbocycles. The first-order valence-electron chi connectivity index (χ1n) is 20.0. The lowest BCUT2D eigenvalue weighted by Gasteiger charge is -2.19. The second kappa shape index (κ2) is 20.6. The molecule has 64 heavy (non-hydrogen) atoms. The Bertz CT molecular complexity index is 2600. The fourth-order valence-corrected chi connectivity index (χ4v) is 7.28. The molecule has 0 aliphatic heterocycles. The second-order valence-corrected chi connectivity index (χ2v) is 14.1. The first-order chi connectivity index (χ1) is 31.2. The third-order valence-corrected chi connectivity index (χ3v) is 10.2. The van der Waals surface area contributed by atoms with Crippen LogP contribution in [-0.4, -0.2) is 64.4 Å². The van der Waals surface area contributed by atoms with Gasteiger partial charge in [-0.3, -0.25) is 20.4 Å². The van der Waals surface area contributed by atoms with Crippen LogP contribution in [-0.2, 0) is 28.7 Å². The molecule has 0 bridgehead atoms. The maximum Gasteiger partial charge on any atom is 0.343 e. The lowest BCUT2D eigenvalue weighted by atomic mass is 9.92. The van der Waals surface area contributed by atoms with E-state index in [1.54, 1.807) is 12.1 Å². The number of hydrazine groups is 2. The number of benzene rings is 8. The topological polar surface area (TPSA) is 200 Å². The number of fused-ring (bicyclic) bond motifs is 4. The Balaban J connectivity index is 0.000000191. The van der Waals surface area contributed by atoms with Crippen LogP contribution in [0.3, 0.4) is 0 Å². The summed E-state index contributed by atoms with van der Waals surface area (Å²) in [5.74, 6) is 10.5. The predicted octanol–water partition coefficient (Wildman–Crippen LogP) is 7.16. The van der Waals surface area contributed by atoms with E-state index in [0.29, 0.717) is 23.0 Å². The van der Waals surface area contributed by atoms with Crippen molar-refractivity contribution in [2.45, 2.75) is 0 Å². The van der Waals surface area contributed by atoms with Crippen LogP contribution >= 0.6 is 0 Å². The van der Waals surface area contributed by atoms with E-state index in [2.05, 4.69) is 10.9 Å². The molecule has 0 atom stereocenters. The minimum atomic E-state index is -0.482. The van der Waals surface area contributed by atoms with Crippen LogP contribution in [0.1, 0.15) is 0 Å². The Kier molecular flexibility index (Phi) is 14.1. The summed E-state index contributed by atoms with van der Waals surface area (Å²) in [6, 6.07) is 46.4. The molecular weight excluding hydrogens is 817 g/mol. The Labute approximate surface area is 367 Å². The smallest absolute Gasteiger partial charge is 0.343 e. The first-order valence-corrected chi connectivity index (χ1v) is 20.0. The highest BCUT2D eigenvalue weighted by Gasteiger charge is 2.22. The van der Waals surface area contributed by atoms with Crippen molar-refractivity contribution in [1.29, 1.82) is 0 Å². The summed E-state index contributed by atoms with van der Waals surface area (Å²) >= 11 is 0. The van der Waals surface area contributed by atoms with Gasteiger partial charge in [-0.1, -0.05) is 121 Å². The number of ether oxygens (including phenoxy) is 6. The SMILES string of the molecule is COC(=O)COc1ccc2ccccc2c1-c1c(OCC(=O)OC)ccc2ccccc12.NNC(=O)COc1ccc2ccccc2c1-c1c(OCC(=O)NN)ccc2ccccc12. The third-order valence-electron chi connectivity index (χ3n) is 10.2. The maximum absolute atomic E-state index is 11.8. The van der Waals surface area contributed by atoms with Crippen molar-refractivity contribution in [2.24, 2.45) is 11.7 Å². The van der Waals surface area contributed by atoms with E-state index in [4.69, 9.17) is 40.1 Å². The molecule has 0 aromatic heterocycles. The van der Waals surface area contributed by atoms with Gasteiger partial charge in [0.15, 0.2) is 26.4 Å². The second-order valence-electron chi connectivity index (χ2n) is 14.1. The average Bonchev–Trinajstić information content (AvgIpc) is 3.35. The molecule has 0 unspecified atom stereocenters. The molecule has 324 valence electrons. The lowest BCUT2D eigenvalue weighted by Crippen LogP contribution is -2.34. The summed E-state index contributed by atoms with van der Waals surface area (Å²) in [7, 11) is 2.63. The quantitative estimate of drug-likeness (QED) is 0.0373. The number of carbonyl (C=O) groups excluding carboxylic acids is 4. The van der Waals surface area contributed by atoms with Gasteiger partial charge in [0.2, 0.25) is 0 Å². The minimum Gasteiger partial charge on any atom is -0.483 e. The zero-order chi connectivity index (χ0) is 45.0. The summed E-state index contributed by atoms with van der Waals surface area (Å²) in [5, 5.41) is 7.63. The number of carbonyl (C=O) groups is 4. The third kappa shape index (κ3) is 9.79. The highest BCUT2D eigenvalue weighted by Crippen LogP contribution is 2.47. The van der Waals surface area contributed by atoms with Gasteiger partial charge >= 0.3 is 11.9 Å². The van der Waals surface area contributed by atoms with Crippen molar-refractivity contribution in [3.05, 3.63) is 146 Å². The van der Waals surface area contributed by atoms with Gasteiger partial charge in [0.1, 0.15) is 23.0 Å². The van der Waals surface area contributed by atoms with Crippen molar-refractivity contribution < 1.29 is 47.6 Å². The fourth-order valence-electron chi connectivity index (χ4n) is 7.28. The Morgan fingerprint density at radius 2 is 0.625 bits per heavy atom. The monoisotopic (exact) mass is 860 g/mol. The molecule has 0 aliphatic carbocycles. The van der Waals surface area contributed by atoms with Crippen molar-refractivity contribution in [3.8, 4) is 45.3 Å². The molecule has 14 heteroatoms. The van der Waals surface area contributed by atoms with Crippen LogP contribution in [0.5, 0.6) is 23.0 Å². The van der Waals surface area contributed by atoms with Crippen molar-refractivity contribution in [2.75, 3.05) is 40.6 Å². The molecule has 6 N–H and O–H groups in total. The summed E-state index contributed by atoms with van der Waals surface area (Å²) in [6.07, 6.45) is 0. The first kappa shape index (κ1) is 43.9. The van der Waals surface area contributed by atoms with Crippen LogP contribution in [0.2, 0.25) is 0 Å². The Morgan fingerprint density at radius 1 is 0.375 bits per heavy atom. The molecular formula is C50H44N4O10. The van der Waals surface area contributed by atoms with E-state index in [9.17, 15) is 19.2 Å². The van der Waals surface area contributed by atoms with E-state index in [-0.39, 0.29) is 26.4 Å². The zero-order valence-corrected chi connectivity index (χ0v) is 34.9. The van der Waals surface area contributed by atoms with Gasteiger partial charge < -0.3 is 28.4 Å². The Hall–Kier alpha value is -8.20. The summed E-state index contributed by atoms with van der Waals surface area (Å²) < 4.78 is 32.9. The normalized spacial score (nSPS) is 10.7. The van der Waals surface area contributed by atoms with E-state index in [1.165, 1.54) is 14.2 Å². The highest BCUT2D eigenvalue weighted by molar-refractivity contribution is 6.11. The van der Waals surface area contributed by atoms with Crippen LogP contribution in [0.25, 0.3) is 65.3 Å². The largest absolute Gasteiger partial charge is 0.483 e. The summed E-state index contributed by atoms with van der Waals surface area (Å²) in [5.41, 5.74) is 7.16. The molecule has 0 spiro atoms. The van der Waals surface area contributed by atoms with Gasteiger partial charge in [0.25, 0.3) is 11.8 Å². The molecule has 0 saturated heterocycles. The summed E-state index contributed by atoms with van der Waals surface area (Å²) in [4.78, 5) is 47.0. The molecule has 8 rings (SSSR count). The van der Waals surface area contributed by atoms with Crippen molar-refractivity contribution >= 4 is 66.8 Å².